The predicted molar refractivity (Wildman–Crippen MR) is 193 cm³/mol. The molecule has 0 aliphatic heterocycles. The Hall–Kier alpha value is -6.39. The van der Waals surface area contributed by atoms with Gasteiger partial charge in [0.15, 0.2) is 17.5 Å². The van der Waals surface area contributed by atoms with Crippen molar-refractivity contribution in [1.29, 1.82) is 0 Å². The second kappa shape index (κ2) is 10.1. The van der Waals surface area contributed by atoms with Gasteiger partial charge in [-0.1, -0.05) is 109 Å². The third-order valence-electron chi connectivity index (χ3n) is 9.24. The molecule has 0 saturated carbocycles. The largest absolute Gasteiger partial charge is 0.456 e. The molecule has 2 heterocycles. The van der Waals surface area contributed by atoms with Gasteiger partial charge in [0.2, 0.25) is 0 Å². The smallest absolute Gasteiger partial charge is 0.164 e. The van der Waals surface area contributed by atoms with Crippen molar-refractivity contribution in [2.75, 3.05) is 0 Å². The Bertz CT molecular complexity index is 2870. The van der Waals surface area contributed by atoms with Gasteiger partial charge in [-0.2, -0.15) is 0 Å². The maximum Gasteiger partial charge on any atom is 0.164 e. The van der Waals surface area contributed by atoms with Crippen molar-refractivity contribution in [3.8, 4) is 34.2 Å². The molecule has 0 N–H and O–H groups in total. The maximum absolute atomic E-state index is 6.30. The first-order valence-corrected chi connectivity index (χ1v) is 15.8. The molecule has 0 bridgehead atoms. The van der Waals surface area contributed by atoms with Crippen LogP contribution in [0.5, 0.6) is 0 Å². The summed E-state index contributed by atoms with van der Waals surface area (Å²) in [6, 6.07) is 53.0. The monoisotopic (exact) mass is 599 g/mol. The molecule has 10 aromatic rings. The highest BCUT2D eigenvalue weighted by atomic mass is 16.3. The number of furan rings is 1. The van der Waals surface area contributed by atoms with Crippen molar-refractivity contribution < 1.29 is 4.42 Å². The van der Waals surface area contributed by atoms with Crippen molar-refractivity contribution in [3.05, 3.63) is 152 Å². The Morgan fingerprint density at radius 3 is 1.49 bits per heavy atom. The molecule has 0 aliphatic rings. The fourth-order valence-electron chi connectivity index (χ4n) is 6.83. The normalized spacial score (nSPS) is 11.8. The summed E-state index contributed by atoms with van der Waals surface area (Å²) in [6.07, 6.45) is 0. The van der Waals surface area contributed by atoms with E-state index in [9.17, 15) is 0 Å². The number of hydrogen-bond acceptors (Lipinski definition) is 4. The molecule has 0 fully saturated rings. The van der Waals surface area contributed by atoms with Crippen LogP contribution in [0.1, 0.15) is 0 Å². The van der Waals surface area contributed by atoms with E-state index in [4.69, 9.17) is 19.4 Å². The van der Waals surface area contributed by atoms with Gasteiger partial charge in [-0.3, -0.25) is 0 Å². The number of benzene rings is 8. The highest BCUT2D eigenvalue weighted by Gasteiger charge is 2.16. The van der Waals surface area contributed by atoms with Crippen LogP contribution in [0.15, 0.2) is 156 Å². The molecule has 218 valence electrons. The molecule has 0 radical (unpaired) electrons. The minimum atomic E-state index is 0.619. The van der Waals surface area contributed by atoms with Crippen molar-refractivity contribution in [3.63, 3.8) is 0 Å². The van der Waals surface area contributed by atoms with Crippen molar-refractivity contribution in [2.45, 2.75) is 0 Å². The van der Waals surface area contributed by atoms with Crippen LogP contribution in [0.2, 0.25) is 0 Å². The third-order valence-corrected chi connectivity index (χ3v) is 9.24. The summed E-state index contributed by atoms with van der Waals surface area (Å²) < 4.78 is 6.30. The number of rotatable bonds is 3. The highest BCUT2D eigenvalue weighted by molar-refractivity contribution is 6.11. The van der Waals surface area contributed by atoms with Crippen LogP contribution >= 0.6 is 0 Å². The molecular weight excluding hydrogens is 574 g/mol. The SMILES string of the molecule is c1ccc2cc(-c3nc(-c4ccc5ccc6ccccc6c5c4)nc(-c4ccc5oc6cc7ccccc7cc6c5c4)n3)ccc2c1. The first-order chi connectivity index (χ1) is 23.2. The Morgan fingerprint density at radius 2 is 0.766 bits per heavy atom. The topological polar surface area (TPSA) is 51.8 Å². The lowest BCUT2D eigenvalue weighted by atomic mass is 10.00. The molecule has 0 spiro atoms. The molecule has 4 nitrogen and oxygen atoms in total. The summed E-state index contributed by atoms with van der Waals surface area (Å²) in [7, 11) is 0. The second-order valence-electron chi connectivity index (χ2n) is 12.1. The van der Waals surface area contributed by atoms with Gasteiger partial charge in [-0.15, -0.1) is 0 Å². The number of hydrogen-bond donors (Lipinski definition) is 0. The molecule has 47 heavy (non-hydrogen) atoms. The van der Waals surface area contributed by atoms with Crippen LogP contribution in [0, 0.1) is 0 Å². The summed E-state index contributed by atoms with van der Waals surface area (Å²) in [5.41, 5.74) is 4.50. The van der Waals surface area contributed by atoms with E-state index < -0.39 is 0 Å². The molecule has 4 heteroatoms. The van der Waals surface area contributed by atoms with Crippen molar-refractivity contribution in [2.24, 2.45) is 0 Å². The predicted octanol–water partition coefficient (Wildman–Crippen LogP) is 11.4. The van der Waals surface area contributed by atoms with E-state index in [1.165, 1.54) is 32.3 Å². The summed E-state index contributed by atoms with van der Waals surface area (Å²) in [6.45, 7) is 0. The van der Waals surface area contributed by atoms with E-state index in [0.29, 0.717) is 17.5 Å². The van der Waals surface area contributed by atoms with E-state index in [2.05, 4.69) is 140 Å². The van der Waals surface area contributed by atoms with Crippen molar-refractivity contribution >= 4 is 65.0 Å². The van der Waals surface area contributed by atoms with E-state index in [0.717, 1.165) is 49.4 Å². The second-order valence-corrected chi connectivity index (χ2v) is 12.1. The lowest BCUT2D eigenvalue weighted by molar-refractivity contribution is 0.669. The van der Waals surface area contributed by atoms with Crippen LogP contribution in [0.25, 0.3) is 99.2 Å². The average molecular weight is 600 g/mol. The molecule has 0 aliphatic carbocycles. The Kier molecular flexibility index (Phi) is 5.54. The van der Waals surface area contributed by atoms with Gasteiger partial charge in [0.25, 0.3) is 0 Å². The Labute approximate surface area is 269 Å². The third kappa shape index (κ3) is 4.27. The summed E-state index contributed by atoms with van der Waals surface area (Å²) in [4.78, 5) is 15.3. The van der Waals surface area contributed by atoms with E-state index in [1.54, 1.807) is 0 Å². The van der Waals surface area contributed by atoms with E-state index in [1.807, 2.05) is 12.1 Å². The molecular formula is C43H25N3O. The van der Waals surface area contributed by atoms with Gasteiger partial charge in [-0.25, -0.2) is 15.0 Å². The summed E-state index contributed by atoms with van der Waals surface area (Å²) in [5.74, 6) is 1.89. The van der Waals surface area contributed by atoms with Gasteiger partial charge < -0.3 is 4.42 Å². The standard InChI is InChI=1S/C43H25N3O/c1-2-9-29-21-32(17-13-26(29)7-1)41-44-42(33-18-16-28-15-14-27-8-5-6-12-35(27)36(28)23-33)46-43(45-41)34-19-20-39-37(24-34)38-22-30-10-3-4-11-31(30)25-40(38)47-39/h1-25H. The average Bonchev–Trinajstić information content (AvgIpc) is 3.49. The molecule has 8 aromatic carbocycles. The van der Waals surface area contributed by atoms with Crippen LogP contribution in [0.3, 0.4) is 0 Å². The van der Waals surface area contributed by atoms with Gasteiger partial charge in [0, 0.05) is 27.5 Å². The van der Waals surface area contributed by atoms with Gasteiger partial charge in [0.05, 0.1) is 0 Å². The molecule has 0 unspecified atom stereocenters. The number of fused-ring (bicyclic) bond motifs is 8. The molecule has 2 aromatic heterocycles. The van der Waals surface area contributed by atoms with E-state index >= 15 is 0 Å². The molecule has 0 amide bonds. The highest BCUT2D eigenvalue weighted by Crippen LogP contribution is 2.36. The van der Waals surface area contributed by atoms with Gasteiger partial charge in [0.1, 0.15) is 11.2 Å². The minimum Gasteiger partial charge on any atom is -0.456 e. The number of aromatic nitrogens is 3. The Morgan fingerprint density at radius 1 is 0.298 bits per heavy atom. The van der Waals surface area contributed by atoms with Gasteiger partial charge in [-0.05, 0) is 85.6 Å². The zero-order chi connectivity index (χ0) is 30.9. The number of nitrogens with zero attached hydrogens (tertiary/aromatic N) is 3. The molecule has 0 atom stereocenters. The minimum absolute atomic E-state index is 0.619. The van der Waals surface area contributed by atoms with Crippen LogP contribution in [0.4, 0.5) is 0 Å². The quantitative estimate of drug-likeness (QED) is 0.190. The molecule has 10 rings (SSSR count). The first kappa shape index (κ1) is 25.9. The van der Waals surface area contributed by atoms with Crippen molar-refractivity contribution in [1.82, 2.24) is 15.0 Å². The van der Waals surface area contributed by atoms with Crippen LogP contribution < -0.4 is 0 Å². The maximum atomic E-state index is 6.30. The fourth-order valence-corrected chi connectivity index (χ4v) is 6.83. The lowest BCUT2D eigenvalue weighted by Crippen LogP contribution is -2.00. The zero-order valence-electron chi connectivity index (χ0n) is 25.2. The summed E-state index contributed by atoms with van der Waals surface area (Å²) >= 11 is 0. The van der Waals surface area contributed by atoms with Crippen LogP contribution in [-0.2, 0) is 0 Å². The lowest BCUT2D eigenvalue weighted by Gasteiger charge is -2.11. The Balaban J connectivity index is 1.20. The van der Waals surface area contributed by atoms with E-state index in [-0.39, 0.29) is 0 Å². The molecule has 0 saturated heterocycles. The first-order valence-electron chi connectivity index (χ1n) is 15.8. The van der Waals surface area contributed by atoms with Gasteiger partial charge >= 0.3 is 0 Å². The summed E-state index contributed by atoms with van der Waals surface area (Å²) in [5, 5.41) is 11.5. The fraction of sp³-hybridized carbons (Fsp3) is 0. The van der Waals surface area contributed by atoms with Crippen LogP contribution in [-0.4, -0.2) is 15.0 Å². The zero-order valence-corrected chi connectivity index (χ0v) is 25.2.